The van der Waals surface area contributed by atoms with E-state index >= 15 is 0 Å². The molecule has 0 aliphatic carbocycles. The molecule has 0 spiro atoms. The Balaban J connectivity index is 3.02. The number of ether oxygens (including phenoxy) is 2. The summed E-state index contributed by atoms with van der Waals surface area (Å²) in [7, 11) is 1.61. The second-order valence-corrected chi connectivity index (χ2v) is 6.71. The van der Waals surface area contributed by atoms with Gasteiger partial charge in [0, 0.05) is 13.7 Å². The third-order valence-corrected chi connectivity index (χ3v) is 4.48. The van der Waals surface area contributed by atoms with Crippen molar-refractivity contribution in [2.45, 2.75) is 103 Å². The SMILES string of the molecule is CCCCCCCCCCCCCCCCOCC(C[N])OC. The molecule has 0 N–H and O–H groups in total. The first-order valence-corrected chi connectivity index (χ1v) is 10.1. The van der Waals surface area contributed by atoms with E-state index in [-0.39, 0.29) is 12.6 Å². The molecule has 0 rings (SSSR count). The van der Waals surface area contributed by atoms with Crippen molar-refractivity contribution in [3.05, 3.63) is 0 Å². The van der Waals surface area contributed by atoms with E-state index in [9.17, 15) is 0 Å². The minimum Gasteiger partial charge on any atom is -0.379 e. The molecule has 2 radical (unpaired) electrons. The van der Waals surface area contributed by atoms with Crippen molar-refractivity contribution in [2.75, 3.05) is 26.9 Å². The van der Waals surface area contributed by atoms with Crippen LogP contribution < -0.4 is 5.73 Å². The fourth-order valence-corrected chi connectivity index (χ4v) is 2.81. The van der Waals surface area contributed by atoms with Crippen LogP contribution in [0, 0.1) is 0 Å². The lowest BCUT2D eigenvalue weighted by Crippen LogP contribution is -2.23. The molecule has 0 fully saturated rings. The third-order valence-electron chi connectivity index (χ3n) is 4.48. The molecule has 0 aliphatic rings. The lowest BCUT2D eigenvalue weighted by Gasteiger charge is -2.11. The Morgan fingerprint density at radius 3 is 1.52 bits per heavy atom. The molecule has 0 aromatic heterocycles. The molecule has 0 bridgehead atoms. The summed E-state index contributed by atoms with van der Waals surface area (Å²) in [4.78, 5) is 0. The molecule has 3 nitrogen and oxygen atoms in total. The summed E-state index contributed by atoms with van der Waals surface area (Å²) < 4.78 is 10.5. The first-order chi connectivity index (χ1) is 11.3. The molecular weight excluding hydrogens is 286 g/mol. The van der Waals surface area contributed by atoms with Gasteiger partial charge in [0.1, 0.15) is 0 Å². The molecule has 1 atom stereocenters. The van der Waals surface area contributed by atoms with Gasteiger partial charge in [-0.3, -0.25) is 0 Å². The molecule has 0 aromatic carbocycles. The summed E-state index contributed by atoms with van der Waals surface area (Å²) in [6.45, 7) is 3.61. The van der Waals surface area contributed by atoms with Gasteiger partial charge in [-0.05, 0) is 6.42 Å². The number of methoxy groups -OCH3 is 1. The van der Waals surface area contributed by atoms with Crippen molar-refractivity contribution >= 4 is 0 Å². The standard InChI is InChI=1S/C20H41NO2/c1-3-4-5-6-7-8-9-10-11-12-13-14-15-16-17-23-19-20(18-21)22-2/h20H,3-19H2,1-2H3. The molecule has 0 aliphatic heterocycles. The highest BCUT2D eigenvalue weighted by Gasteiger charge is 2.04. The predicted molar refractivity (Wildman–Crippen MR) is 98.9 cm³/mol. The number of rotatable bonds is 19. The molecule has 23 heavy (non-hydrogen) atoms. The van der Waals surface area contributed by atoms with Gasteiger partial charge >= 0.3 is 0 Å². The molecule has 0 amide bonds. The monoisotopic (exact) mass is 327 g/mol. The van der Waals surface area contributed by atoms with E-state index in [1.54, 1.807) is 7.11 Å². The van der Waals surface area contributed by atoms with Crippen LogP contribution in [-0.2, 0) is 9.47 Å². The molecular formula is C20H41NO2. The number of hydrogen-bond acceptors (Lipinski definition) is 2. The predicted octanol–water partition coefficient (Wildman–Crippen LogP) is 5.57. The van der Waals surface area contributed by atoms with E-state index < -0.39 is 0 Å². The number of unbranched alkanes of at least 4 members (excludes halogenated alkanes) is 13. The summed E-state index contributed by atoms with van der Waals surface area (Å²) in [5, 5.41) is 0. The highest BCUT2D eigenvalue weighted by molar-refractivity contribution is 4.55. The number of nitrogens with zero attached hydrogens (tertiary/aromatic N) is 1. The van der Waals surface area contributed by atoms with Gasteiger partial charge in [-0.2, -0.15) is 0 Å². The van der Waals surface area contributed by atoms with Crippen molar-refractivity contribution in [3.8, 4) is 0 Å². The summed E-state index contributed by atoms with van der Waals surface area (Å²) >= 11 is 0. The summed E-state index contributed by atoms with van der Waals surface area (Å²) in [5.74, 6) is 0. The normalized spacial score (nSPS) is 12.7. The van der Waals surface area contributed by atoms with Crippen LogP contribution in [-0.4, -0.2) is 33.0 Å². The molecule has 0 aromatic rings. The molecule has 0 saturated carbocycles. The zero-order valence-corrected chi connectivity index (χ0v) is 15.9. The van der Waals surface area contributed by atoms with Crippen molar-refractivity contribution in [3.63, 3.8) is 0 Å². The van der Waals surface area contributed by atoms with Crippen molar-refractivity contribution in [1.82, 2.24) is 5.73 Å². The Kier molecular flexibility index (Phi) is 19.8. The Labute approximate surface area is 145 Å². The van der Waals surface area contributed by atoms with Gasteiger partial charge in [0.2, 0.25) is 0 Å². The second kappa shape index (κ2) is 19.9. The molecule has 0 saturated heterocycles. The van der Waals surface area contributed by atoms with Gasteiger partial charge in [0.05, 0.1) is 19.3 Å². The van der Waals surface area contributed by atoms with Gasteiger partial charge in [-0.25, -0.2) is 0 Å². The van der Waals surface area contributed by atoms with Gasteiger partial charge in [-0.1, -0.05) is 90.4 Å². The molecule has 1 unspecified atom stereocenters. The second-order valence-electron chi connectivity index (χ2n) is 6.71. The highest BCUT2D eigenvalue weighted by atomic mass is 16.5. The maximum Gasteiger partial charge on any atom is 0.0961 e. The highest BCUT2D eigenvalue weighted by Crippen LogP contribution is 2.12. The van der Waals surface area contributed by atoms with Gasteiger partial charge in [0.25, 0.3) is 0 Å². The van der Waals surface area contributed by atoms with E-state index in [1.807, 2.05) is 0 Å². The Morgan fingerprint density at radius 1 is 0.696 bits per heavy atom. The Bertz CT molecular complexity index is 208. The first kappa shape index (κ1) is 22.9. The van der Waals surface area contributed by atoms with Crippen LogP contribution in [0.4, 0.5) is 0 Å². The van der Waals surface area contributed by atoms with Crippen molar-refractivity contribution < 1.29 is 9.47 Å². The largest absolute Gasteiger partial charge is 0.379 e. The van der Waals surface area contributed by atoms with Crippen LogP contribution in [0.3, 0.4) is 0 Å². The lowest BCUT2D eigenvalue weighted by molar-refractivity contribution is 0.0116. The minimum atomic E-state index is -0.165. The summed E-state index contributed by atoms with van der Waals surface area (Å²) in [5.41, 5.74) is 8.95. The zero-order valence-electron chi connectivity index (χ0n) is 15.9. The Morgan fingerprint density at radius 2 is 1.13 bits per heavy atom. The fourth-order valence-electron chi connectivity index (χ4n) is 2.81. The minimum absolute atomic E-state index is 0.0369. The van der Waals surface area contributed by atoms with Crippen LogP contribution in [0.15, 0.2) is 0 Å². The van der Waals surface area contributed by atoms with Crippen LogP contribution in [0.2, 0.25) is 0 Å². The van der Waals surface area contributed by atoms with E-state index in [2.05, 4.69) is 6.92 Å². The maximum absolute atomic E-state index is 8.95. The quantitative estimate of drug-likeness (QED) is 0.291. The summed E-state index contributed by atoms with van der Waals surface area (Å²) in [6, 6.07) is 0. The van der Waals surface area contributed by atoms with Crippen LogP contribution in [0.25, 0.3) is 0 Å². The summed E-state index contributed by atoms with van der Waals surface area (Å²) in [6.07, 6.45) is 19.1. The average molecular weight is 328 g/mol. The van der Waals surface area contributed by atoms with Crippen molar-refractivity contribution in [1.29, 1.82) is 0 Å². The molecule has 0 heterocycles. The van der Waals surface area contributed by atoms with E-state index in [4.69, 9.17) is 15.2 Å². The maximum atomic E-state index is 8.95. The van der Waals surface area contributed by atoms with Crippen LogP contribution >= 0.6 is 0 Å². The van der Waals surface area contributed by atoms with Crippen molar-refractivity contribution in [2.24, 2.45) is 0 Å². The van der Waals surface area contributed by atoms with Crippen LogP contribution in [0.5, 0.6) is 0 Å². The fraction of sp³-hybridized carbons (Fsp3) is 1.00. The van der Waals surface area contributed by atoms with E-state index in [0.29, 0.717) is 6.61 Å². The van der Waals surface area contributed by atoms with E-state index in [1.165, 1.54) is 83.5 Å². The van der Waals surface area contributed by atoms with Gasteiger partial charge in [-0.15, -0.1) is 5.73 Å². The Hall–Kier alpha value is -0.120. The smallest absolute Gasteiger partial charge is 0.0961 e. The van der Waals surface area contributed by atoms with Gasteiger partial charge in [0.15, 0.2) is 0 Å². The molecule has 3 heteroatoms. The topological polar surface area (TPSA) is 40.8 Å². The van der Waals surface area contributed by atoms with Gasteiger partial charge < -0.3 is 9.47 Å². The third kappa shape index (κ3) is 18.1. The molecule has 138 valence electrons. The zero-order chi connectivity index (χ0) is 17.0. The first-order valence-electron chi connectivity index (χ1n) is 10.1. The lowest BCUT2D eigenvalue weighted by atomic mass is 10.0. The van der Waals surface area contributed by atoms with Crippen LogP contribution in [0.1, 0.15) is 96.8 Å². The van der Waals surface area contributed by atoms with E-state index in [0.717, 1.165) is 13.0 Å². The average Bonchev–Trinajstić information content (AvgIpc) is 2.58. The number of hydrogen-bond donors (Lipinski definition) is 0.